The Balaban J connectivity index is 1.68. The fraction of sp³-hybridized carbons (Fsp3) is 0.579. The first-order chi connectivity index (χ1) is 11.2. The van der Waals surface area contributed by atoms with Crippen LogP contribution in [0.2, 0.25) is 0 Å². The van der Waals surface area contributed by atoms with Crippen molar-refractivity contribution in [2.24, 2.45) is 5.41 Å². The van der Waals surface area contributed by atoms with Gasteiger partial charge in [0.1, 0.15) is 6.61 Å². The van der Waals surface area contributed by atoms with E-state index in [-0.39, 0.29) is 5.41 Å². The summed E-state index contributed by atoms with van der Waals surface area (Å²) in [6.07, 6.45) is 3.45. The fourth-order valence-electron chi connectivity index (χ4n) is 2.98. The van der Waals surface area contributed by atoms with Gasteiger partial charge in [-0.15, -0.1) is 0 Å². The topological polar surface area (TPSA) is 36.9 Å². The maximum absolute atomic E-state index is 5.99. The van der Waals surface area contributed by atoms with Crippen molar-refractivity contribution >= 4 is 0 Å². The van der Waals surface area contributed by atoms with Gasteiger partial charge in [0.15, 0.2) is 0 Å². The van der Waals surface area contributed by atoms with E-state index in [9.17, 15) is 0 Å². The second kappa shape index (κ2) is 7.02. The normalized spacial score (nSPS) is 29.1. The van der Waals surface area contributed by atoms with Crippen LogP contribution in [-0.4, -0.2) is 33.5 Å². The Kier molecular flexibility index (Phi) is 5.03. The Morgan fingerprint density at radius 1 is 1.09 bits per heavy atom. The van der Waals surface area contributed by atoms with Gasteiger partial charge in [-0.2, -0.15) is 0 Å². The number of hydrogen-bond acceptors (Lipinski definition) is 4. The molecule has 0 radical (unpaired) electrons. The third-order valence-corrected chi connectivity index (χ3v) is 4.45. The van der Waals surface area contributed by atoms with Crippen LogP contribution in [-0.2, 0) is 24.9 Å². The highest BCUT2D eigenvalue weighted by molar-refractivity contribution is 5.37. The van der Waals surface area contributed by atoms with E-state index < -0.39 is 5.97 Å². The molecule has 1 aromatic carbocycles. The average Bonchev–Trinajstić information content (AvgIpc) is 2.62. The number of hydrogen-bond donors (Lipinski definition) is 0. The summed E-state index contributed by atoms with van der Waals surface area (Å²) in [6.45, 7) is 4.72. The van der Waals surface area contributed by atoms with Crippen LogP contribution in [0.3, 0.4) is 0 Å². The Morgan fingerprint density at radius 2 is 1.74 bits per heavy atom. The molecule has 124 valence electrons. The van der Waals surface area contributed by atoms with Crippen molar-refractivity contribution in [3.8, 4) is 11.8 Å². The molecule has 3 fully saturated rings. The maximum atomic E-state index is 5.99. The van der Waals surface area contributed by atoms with E-state index in [1.54, 1.807) is 7.11 Å². The third kappa shape index (κ3) is 3.44. The lowest BCUT2D eigenvalue weighted by Crippen LogP contribution is -2.58. The predicted octanol–water partition coefficient (Wildman–Crippen LogP) is 3.05. The summed E-state index contributed by atoms with van der Waals surface area (Å²) < 4.78 is 22.9. The third-order valence-electron chi connectivity index (χ3n) is 4.45. The van der Waals surface area contributed by atoms with Crippen molar-refractivity contribution in [1.82, 2.24) is 0 Å². The first kappa shape index (κ1) is 16.5. The van der Waals surface area contributed by atoms with Gasteiger partial charge in [0.2, 0.25) is 0 Å². The van der Waals surface area contributed by atoms with Crippen LogP contribution in [0.25, 0.3) is 0 Å². The number of rotatable bonds is 5. The van der Waals surface area contributed by atoms with E-state index in [2.05, 4.69) is 18.8 Å². The van der Waals surface area contributed by atoms with Gasteiger partial charge in [0.05, 0.1) is 19.8 Å². The lowest BCUT2D eigenvalue weighted by atomic mass is 9.83. The minimum atomic E-state index is -1.04. The van der Waals surface area contributed by atoms with Crippen LogP contribution in [0, 0.1) is 17.3 Å². The van der Waals surface area contributed by atoms with E-state index >= 15 is 0 Å². The lowest BCUT2D eigenvalue weighted by Gasteiger charge is -2.52. The molecule has 3 aliphatic heterocycles. The van der Waals surface area contributed by atoms with Gasteiger partial charge in [0, 0.05) is 23.7 Å². The first-order valence-electron chi connectivity index (χ1n) is 8.22. The highest BCUT2D eigenvalue weighted by Crippen LogP contribution is 2.46. The van der Waals surface area contributed by atoms with Crippen molar-refractivity contribution < 1.29 is 18.9 Å². The monoisotopic (exact) mass is 316 g/mol. The van der Waals surface area contributed by atoms with Crippen molar-refractivity contribution in [1.29, 1.82) is 0 Å². The van der Waals surface area contributed by atoms with E-state index in [0.717, 1.165) is 17.5 Å². The molecular formula is C19H24O4. The Morgan fingerprint density at radius 3 is 2.30 bits per heavy atom. The summed E-state index contributed by atoms with van der Waals surface area (Å²) in [4.78, 5) is 0. The molecule has 0 aromatic heterocycles. The lowest BCUT2D eigenvalue weighted by molar-refractivity contribution is -0.480. The van der Waals surface area contributed by atoms with Gasteiger partial charge in [-0.3, -0.25) is 0 Å². The zero-order chi connectivity index (χ0) is 16.2. The minimum absolute atomic E-state index is 0.0311. The van der Waals surface area contributed by atoms with Crippen LogP contribution in [0.15, 0.2) is 24.3 Å². The van der Waals surface area contributed by atoms with Crippen molar-refractivity contribution in [2.75, 3.05) is 33.5 Å². The Bertz CT molecular complexity index is 557. The summed E-state index contributed by atoms with van der Waals surface area (Å²) in [6, 6.07) is 7.83. The molecule has 0 N–H and O–H groups in total. The van der Waals surface area contributed by atoms with Gasteiger partial charge in [-0.1, -0.05) is 31.6 Å². The zero-order valence-corrected chi connectivity index (χ0v) is 13.9. The van der Waals surface area contributed by atoms with Gasteiger partial charge >= 0.3 is 5.97 Å². The standard InChI is InChI=1S/C19H24O4/c1-3-4-11-18-13-21-19(22-14-18,23-15-18)17-9-7-16(8-10-17)6-5-12-20-2/h7-10H,3-4,11-15H2,1-2H3. The number of unbranched alkanes of at least 4 members (excludes halogenated alkanes) is 1. The predicted molar refractivity (Wildman–Crippen MR) is 86.7 cm³/mol. The molecule has 4 rings (SSSR count). The fourth-order valence-corrected chi connectivity index (χ4v) is 2.98. The quantitative estimate of drug-likeness (QED) is 0.783. The van der Waals surface area contributed by atoms with E-state index in [1.807, 2.05) is 24.3 Å². The second-order valence-corrected chi connectivity index (χ2v) is 6.34. The molecule has 0 aliphatic carbocycles. The molecule has 2 bridgehead atoms. The van der Waals surface area contributed by atoms with Crippen LogP contribution < -0.4 is 0 Å². The summed E-state index contributed by atoms with van der Waals surface area (Å²) in [5, 5.41) is 0. The van der Waals surface area contributed by atoms with Crippen molar-refractivity contribution in [3.05, 3.63) is 35.4 Å². The first-order valence-corrected chi connectivity index (χ1v) is 8.22. The Hall–Kier alpha value is -1.38. The second-order valence-electron chi connectivity index (χ2n) is 6.34. The summed E-state index contributed by atoms with van der Waals surface area (Å²) in [7, 11) is 1.63. The largest absolute Gasteiger partial charge is 0.372 e. The number of methoxy groups -OCH3 is 1. The van der Waals surface area contributed by atoms with Gasteiger partial charge in [0.25, 0.3) is 0 Å². The molecule has 0 spiro atoms. The van der Waals surface area contributed by atoms with Gasteiger partial charge in [-0.05, 0) is 30.7 Å². The molecule has 3 saturated heterocycles. The molecule has 0 atom stereocenters. The molecule has 23 heavy (non-hydrogen) atoms. The molecular weight excluding hydrogens is 292 g/mol. The average molecular weight is 316 g/mol. The minimum Gasteiger partial charge on any atom is -0.372 e. The number of benzene rings is 1. The highest BCUT2D eigenvalue weighted by atomic mass is 16.9. The van der Waals surface area contributed by atoms with E-state index in [4.69, 9.17) is 18.9 Å². The van der Waals surface area contributed by atoms with Crippen LogP contribution >= 0.6 is 0 Å². The maximum Gasteiger partial charge on any atom is 0.312 e. The van der Waals surface area contributed by atoms with Crippen LogP contribution in [0.5, 0.6) is 0 Å². The molecule has 4 heteroatoms. The molecule has 1 aromatic rings. The Labute approximate surface area is 138 Å². The van der Waals surface area contributed by atoms with E-state index in [1.165, 1.54) is 12.8 Å². The van der Waals surface area contributed by atoms with Gasteiger partial charge < -0.3 is 18.9 Å². The molecule has 4 nitrogen and oxygen atoms in total. The molecule has 0 amide bonds. The van der Waals surface area contributed by atoms with Crippen LogP contribution in [0.4, 0.5) is 0 Å². The SMILES string of the molecule is CCCCC12COC(c3ccc(C#CCOC)cc3)(OC1)OC2. The number of fused-ring (bicyclic) bond motifs is 3. The molecule has 3 heterocycles. The molecule has 3 aliphatic rings. The van der Waals surface area contributed by atoms with Gasteiger partial charge in [-0.25, -0.2) is 0 Å². The van der Waals surface area contributed by atoms with Crippen molar-refractivity contribution in [3.63, 3.8) is 0 Å². The summed E-state index contributed by atoms with van der Waals surface area (Å²) in [5.74, 6) is 4.95. The summed E-state index contributed by atoms with van der Waals surface area (Å²) >= 11 is 0. The zero-order valence-electron chi connectivity index (χ0n) is 13.9. The molecule has 0 unspecified atom stereocenters. The van der Waals surface area contributed by atoms with E-state index in [0.29, 0.717) is 26.4 Å². The highest BCUT2D eigenvalue weighted by Gasteiger charge is 2.53. The molecule has 0 saturated carbocycles. The van der Waals surface area contributed by atoms with Crippen molar-refractivity contribution in [2.45, 2.75) is 32.2 Å². The smallest absolute Gasteiger partial charge is 0.312 e. The summed E-state index contributed by atoms with van der Waals surface area (Å²) in [5.41, 5.74) is 1.85. The van der Waals surface area contributed by atoms with Crippen LogP contribution in [0.1, 0.15) is 37.3 Å². The number of ether oxygens (including phenoxy) is 4.